The molecule has 0 saturated carbocycles. The maximum atomic E-state index is 12.4. The van der Waals surface area contributed by atoms with Crippen molar-refractivity contribution < 1.29 is 17.6 Å². The minimum Gasteiger partial charge on any atom is -0.468 e. The fourth-order valence-corrected chi connectivity index (χ4v) is 5.11. The Morgan fingerprint density at radius 2 is 2.23 bits per heavy atom. The zero-order chi connectivity index (χ0) is 15.7. The molecule has 2 aliphatic heterocycles. The Balaban J connectivity index is 1.78. The highest BCUT2D eigenvalue weighted by Gasteiger charge is 2.47. The predicted octanol–water partition coefficient (Wildman–Crippen LogP) is 1.15. The van der Waals surface area contributed by atoms with E-state index in [0.717, 1.165) is 31.8 Å². The van der Waals surface area contributed by atoms with Gasteiger partial charge in [-0.25, -0.2) is 8.42 Å². The van der Waals surface area contributed by atoms with Crippen LogP contribution in [-0.2, 0) is 21.3 Å². The van der Waals surface area contributed by atoms with Crippen LogP contribution in [0.3, 0.4) is 0 Å². The third-order valence-corrected chi connectivity index (χ3v) is 6.77. The number of methoxy groups -OCH3 is 1. The van der Waals surface area contributed by atoms with Crippen molar-refractivity contribution in [2.24, 2.45) is 5.92 Å². The number of furan rings is 1. The van der Waals surface area contributed by atoms with E-state index in [1.807, 2.05) is 12.1 Å². The molecule has 3 atom stereocenters. The van der Waals surface area contributed by atoms with Crippen LogP contribution in [0.5, 0.6) is 0 Å². The second-order valence-corrected chi connectivity index (χ2v) is 8.29. The number of ether oxygens (including phenoxy) is 1. The molecule has 2 saturated heterocycles. The molecule has 0 aliphatic carbocycles. The summed E-state index contributed by atoms with van der Waals surface area (Å²) in [6, 6.07) is 3.85. The lowest BCUT2D eigenvalue weighted by Crippen LogP contribution is -2.53. The highest BCUT2D eigenvalue weighted by molar-refractivity contribution is 7.89. The standard InChI is InChI=1S/C15H24N2O4S/c1-3-22(18,19)17-7-6-15(20-2)13-10-16(11-14(13)17)9-12-5-4-8-21-12/h4-5,8,13-15H,3,6-7,9-11H2,1-2H3/t13-,14+,15+/m0/s1. The Morgan fingerprint density at radius 1 is 1.41 bits per heavy atom. The number of sulfonamides is 1. The van der Waals surface area contributed by atoms with Gasteiger partial charge in [-0.1, -0.05) is 0 Å². The topological polar surface area (TPSA) is 63.0 Å². The second-order valence-electron chi connectivity index (χ2n) is 6.08. The molecule has 124 valence electrons. The van der Waals surface area contributed by atoms with Crippen molar-refractivity contribution in [2.75, 3.05) is 32.5 Å². The van der Waals surface area contributed by atoms with Crippen LogP contribution >= 0.6 is 0 Å². The Hall–Kier alpha value is -0.890. The molecule has 3 heterocycles. The van der Waals surface area contributed by atoms with Gasteiger partial charge < -0.3 is 9.15 Å². The van der Waals surface area contributed by atoms with Gasteiger partial charge in [0.1, 0.15) is 5.76 Å². The summed E-state index contributed by atoms with van der Waals surface area (Å²) in [5.74, 6) is 1.30. The van der Waals surface area contributed by atoms with E-state index in [1.165, 1.54) is 0 Å². The molecule has 22 heavy (non-hydrogen) atoms. The Labute approximate surface area is 132 Å². The summed E-state index contributed by atoms with van der Waals surface area (Å²) in [6.07, 6.45) is 2.57. The minimum atomic E-state index is -3.16. The molecule has 0 bridgehead atoms. The van der Waals surface area contributed by atoms with E-state index >= 15 is 0 Å². The lowest BCUT2D eigenvalue weighted by Gasteiger charge is -2.39. The van der Waals surface area contributed by atoms with Crippen LogP contribution < -0.4 is 0 Å². The Kier molecular flexibility index (Phi) is 4.59. The zero-order valence-corrected chi connectivity index (χ0v) is 14.0. The number of nitrogens with zero attached hydrogens (tertiary/aromatic N) is 2. The summed E-state index contributed by atoms with van der Waals surface area (Å²) < 4.78 is 37.5. The van der Waals surface area contributed by atoms with Gasteiger partial charge in [-0.15, -0.1) is 0 Å². The molecule has 0 aromatic carbocycles. The fourth-order valence-electron chi connectivity index (χ4n) is 3.75. The summed E-state index contributed by atoms with van der Waals surface area (Å²) in [7, 11) is -1.44. The van der Waals surface area contributed by atoms with E-state index in [9.17, 15) is 8.42 Å². The van der Waals surface area contributed by atoms with Crippen molar-refractivity contribution in [2.45, 2.75) is 32.0 Å². The molecule has 0 radical (unpaired) electrons. The van der Waals surface area contributed by atoms with Crippen LogP contribution in [0.2, 0.25) is 0 Å². The smallest absolute Gasteiger partial charge is 0.214 e. The molecule has 0 N–H and O–H groups in total. The average Bonchev–Trinajstić information content (AvgIpc) is 3.15. The van der Waals surface area contributed by atoms with E-state index < -0.39 is 10.0 Å². The lowest BCUT2D eigenvalue weighted by molar-refractivity contribution is 0.00227. The van der Waals surface area contributed by atoms with Gasteiger partial charge in [-0.2, -0.15) is 4.31 Å². The Morgan fingerprint density at radius 3 is 2.86 bits per heavy atom. The largest absolute Gasteiger partial charge is 0.468 e. The van der Waals surface area contributed by atoms with Crippen LogP contribution in [-0.4, -0.2) is 62.3 Å². The number of likely N-dealkylation sites (tertiary alicyclic amines) is 1. The fraction of sp³-hybridized carbons (Fsp3) is 0.733. The van der Waals surface area contributed by atoms with Crippen LogP contribution in [0, 0.1) is 5.92 Å². The molecular formula is C15H24N2O4S. The van der Waals surface area contributed by atoms with Gasteiger partial charge in [0.25, 0.3) is 0 Å². The van der Waals surface area contributed by atoms with Crippen molar-refractivity contribution in [3.05, 3.63) is 24.2 Å². The first-order valence-electron chi connectivity index (χ1n) is 7.82. The summed E-state index contributed by atoms with van der Waals surface area (Å²) in [6.45, 7) is 4.58. The molecule has 3 rings (SSSR count). The SMILES string of the molecule is CCS(=O)(=O)N1CC[C@@H](OC)[C@H]2CN(Cc3ccco3)C[C@H]21. The molecule has 1 aromatic rings. The monoisotopic (exact) mass is 328 g/mol. The molecule has 7 heteroatoms. The second kappa shape index (κ2) is 6.31. The van der Waals surface area contributed by atoms with E-state index in [4.69, 9.17) is 9.15 Å². The van der Waals surface area contributed by atoms with Crippen LogP contribution in [0.25, 0.3) is 0 Å². The minimum absolute atomic E-state index is 0.0126. The van der Waals surface area contributed by atoms with Crippen molar-refractivity contribution in [3.63, 3.8) is 0 Å². The zero-order valence-electron chi connectivity index (χ0n) is 13.1. The number of fused-ring (bicyclic) bond motifs is 1. The van der Waals surface area contributed by atoms with Crippen molar-refractivity contribution in [1.82, 2.24) is 9.21 Å². The summed E-state index contributed by atoms with van der Waals surface area (Å²) in [4.78, 5) is 2.27. The van der Waals surface area contributed by atoms with Gasteiger partial charge in [0.05, 0.1) is 24.7 Å². The average molecular weight is 328 g/mol. The van der Waals surface area contributed by atoms with Crippen LogP contribution in [0.4, 0.5) is 0 Å². The van der Waals surface area contributed by atoms with Gasteiger partial charge in [-0.3, -0.25) is 4.90 Å². The van der Waals surface area contributed by atoms with Crippen molar-refractivity contribution >= 4 is 10.0 Å². The first-order valence-corrected chi connectivity index (χ1v) is 9.43. The highest BCUT2D eigenvalue weighted by atomic mass is 32.2. The molecule has 0 unspecified atom stereocenters. The van der Waals surface area contributed by atoms with E-state index in [-0.39, 0.29) is 23.8 Å². The van der Waals surface area contributed by atoms with Gasteiger partial charge >= 0.3 is 0 Å². The lowest BCUT2D eigenvalue weighted by atomic mass is 9.91. The first-order chi connectivity index (χ1) is 10.5. The summed E-state index contributed by atoms with van der Waals surface area (Å²) >= 11 is 0. The maximum Gasteiger partial charge on any atom is 0.214 e. The number of hydrogen-bond acceptors (Lipinski definition) is 5. The van der Waals surface area contributed by atoms with E-state index in [0.29, 0.717) is 6.54 Å². The van der Waals surface area contributed by atoms with Gasteiger partial charge in [-0.05, 0) is 25.5 Å². The van der Waals surface area contributed by atoms with E-state index in [1.54, 1.807) is 24.6 Å². The molecule has 0 amide bonds. The Bertz CT molecular complexity index is 587. The first kappa shape index (κ1) is 16.0. The quantitative estimate of drug-likeness (QED) is 0.811. The third-order valence-electron chi connectivity index (χ3n) is 4.87. The van der Waals surface area contributed by atoms with Crippen molar-refractivity contribution in [3.8, 4) is 0 Å². The number of hydrogen-bond donors (Lipinski definition) is 0. The predicted molar refractivity (Wildman–Crippen MR) is 82.8 cm³/mol. The van der Waals surface area contributed by atoms with Gasteiger partial charge in [0.15, 0.2) is 0 Å². The summed E-state index contributed by atoms with van der Waals surface area (Å²) in [5, 5.41) is 0. The molecular weight excluding hydrogens is 304 g/mol. The number of piperidine rings is 1. The number of rotatable bonds is 5. The van der Waals surface area contributed by atoms with Gasteiger partial charge in [0, 0.05) is 38.7 Å². The molecule has 1 aromatic heterocycles. The third kappa shape index (κ3) is 2.95. The van der Waals surface area contributed by atoms with E-state index in [2.05, 4.69) is 4.90 Å². The summed E-state index contributed by atoms with van der Waals surface area (Å²) in [5.41, 5.74) is 0. The van der Waals surface area contributed by atoms with Crippen LogP contribution in [0.1, 0.15) is 19.1 Å². The van der Waals surface area contributed by atoms with Crippen LogP contribution in [0.15, 0.2) is 22.8 Å². The maximum absolute atomic E-state index is 12.4. The highest BCUT2D eigenvalue weighted by Crippen LogP contribution is 2.34. The molecule has 2 aliphatic rings. The normalized spacial score (nSPS) is 30.5. The van der Waals surface area contributed by atoms with Crippen molar-refractivity contribution in [1.29, 1.82) is 0 Å². The molecule has 0 spiro atoms. The molecule has 2 fully saturated rings. The van der Waals surface area contributed by atoms with Gasteiger partial charge in [0.2, 0.25) is 10.0 Å². The molecule has 6 nitrogen and oxygen atoms in total.